The number of carbonyl (C=O) groups is 1. The highest BCUT2D eigenvalue weighted by Gasteiger charge is 2.11. The van der Waals surface area contributed by atoms with Crippen LogP contribution in [0.15, 0.2) is 0 Å². The summed E-state index contributed by atoms with van der Waals surface area (Å²) >= 11 is 0. The fourth-order valence-corrected chi connectivity index (χ4v) is 1.97. The van der Waals surface area contributed by atoms with Crippen molar-refractivity contribution in [3.63, 3.8) is 0 Å². The van der Waals surface area contributed by atoms with Gasteiger partial charge in [-0.2, -0.15) is 5.26 Å². The Kier molecular flexibility index (Phi) is 7.34. The third-order valence-electron chi connectivity index (χ3n) is 2.99. The summed E-state index contributed by atoms with van der Waals surface area (Å²) < 4.78 is 5.27. The van der Waals surface area contributed by atoms with Gasteiger partial charge in [0.15, 0.2) is 0 Å². The number of ether oxygens (including phenoxy) is 1. The van der Waals surface area contributed by atoms with Crippen LogP contribution in [-0.4, -0.2) is 73.4 Å². The molecule has 1 aliphatic rings. The number of carboxylic acid groups (broad SMARTS) is 1. The summed E-state index contributed by atoms with van der Waals surface area (Å²) in [6, 6.07) is 2.08. The smallest absolute Gasteiger partial charge is 0.304 e. The second kappa shape index (κ2) is 8.86. The summed E-state index contributed by atoms with van der Waals surface area (Å²) in [4.78, 5) is 14.7. The van der Waals surface area contributed by atoms with Gasteiger partial charge in [0.1, 0.15) is 0 Å². The Morgan fingerprint density at radius 1 is 1.39 bits per heavy atom. The van der Waals surface area contributed by atoms with Gasteiger partial charge in [-0.25, -0.2) is 0 Å². The van der Waals surface area contributed by atoms with Crippen LogP contribution >= 0.6 is 0 Å². The molecule has 1 heterocycles. The number of nitriles is 1. The van der Waals surface area contributed by atoms with E-state index in [4.69, 9.17) is 15.1 Å². The average Bonchev–Trinajstić information content (AvgIpc) is 2.37. The predicted molar refractivity (Wildman–Crippen MR) is 66.2 cm³/mol. The van der Waals surface area contributed by atoms with E-state index in [1.807, 2.05) is 4.90 Å². The third kappa shape index (κ3) is 6.55. The molecule has 0 bridgehead atoms. The molecule has 1 aliphatic heterocycles. The van der Waals surface area contributed by atoms with E-state index in [9.17, 15) is 4.79 Å². The zero-order valence-electron chi connectivity index (χ0n) is 10.7. The molecule has 102 valence electrons. The number of aliphatic carboxylic acids is 1. The van der Waals surface area contributed by atoms with E-state index in [1.54, 1.807) is 0 Å². The molecule has 1 saturated heterocycles. The maximum atomic E-state index is 10.5. The van der Waals surface area contributed by atoms with Gasteiger partial charge in [-0.05, 0) is 13.0 Å². The lowest BCUT2D eigenvalue weighted by Crippen LogP contribution is -2.38. The van der Waals surface area contributed by atoms with Crippen LogP contribution in [0.5, 0.6) is 0 Å². The normalized spacial score (nSPS) is 16.7. The lowest BCUT2D eigenvalue weighted by atomic mass is 10.3. The number of carboxylic acids is 1. The van der Waals surface area contributed by atoms with E-state index in [0.717, 1.165) is 45.8 Å². The Morgan fingerprint density at radius 3 is 2.72 bits per heavy atom. The molecule has 0 spiro atoms. The maximum absolute atomic E-state index is 10.5. The first-order valence-corrected chi connectivity index (χ1v) is 6.33. The van der Waals surface area contributed by atoms with Crippen LogP contribution in [0.25, 0.3) is 0 Å². The molecule has 0 amide bonds. The van der Waals surface area contributed by atoms with Crippen molar-refractivity contribution in [1.82, 2.24) is 9.80 Å². The highest BCUT2D eigenvalue weighted by atomic mass is 16.5. The summed E-state index contributed by atoms with van der Waals surface area (Å²) in [5.74, 6) is -0.814. The second-order valence-electron chi connectivity index (χ2n) is 4.39. The highest BCUT2D eigenvalue weighted by Crippen LogP contribution is 2.00. The first-order chi connectivity index (χ1) is 8.72. The van der Waals surface area contributed by atoms with Gasteiger partial charge >= 0.3 is 5.97 Å². The monoisotopic (exact) mass is 255 g/mol. The van der Waals surface area contributed by atoms with Crippen LogP contribution in [0, 0.1) is 11.3 Å². The van der Waals surface area contributed by atoms with Crippen LogP contribution in [0.1, 0.15) is 12.8 Å². The molecule has 0 radical (unpaired) electrons. The molecule has 1 N–H and O–H groups in total. The molecule has 18 heavy (non-hydrogen) atoms. The van der Waals surface area contributed by atoms with Crippen LogP contribution in [-0.2, 0) is 9.53 Å². The first-order valence-electron chi connectivity index (χ1n) is 6.33. The van der Waals surface area contributed by atoms with Crippen molar-refractivity contribution >= 4 is 5.97 Å². The van der Waals surface area contributed by atoms with Crippen molar-refractivity contribution in [2.24, 2.45) is 0 Å². The number of hydrogen-bond donors (Lipinski definition) is 1. The van der Waals surface area contributed by atoms with Gasteiger partial charge in [0.05, 0.1) is 32.2 Å². The van der Waals surface area contributed by atoms with Crippen molar-refractivity contribution in [1.29, 1.82) is 5.26 Å². The van der Waals surface area contributed by atoms with Crippen LogP contribution in [0.3, 0.4) is 0 Å². The van der Waals surface area contributed by atoms with Gasteiger partial charge in [-0.3, -0.25) is 14.6 Å². The van der Waals surface area contributed by atoms with E-state index in [0.29, 0.717) is 13.1 Å². The van der Waals surface area contributed by atoms with Crippen LogP contribution in [0.2, 0.25) is 0 Å². The Labute approximate surface area is 108 Å². The molecule has 0 aromatic carbocycles. The zero-order valence-corrected chi connectivity index (χ0v) is 10.7. The SMILES string of the molecule is N#CCN(CCCN1CCOCC1)CCC(=O)O. The van der Waals surface area contributed by atoms with Crippen molar-refractivity contribution in [2.75, 3.05) is 52.5 Å². The van der Waals surface area contributed by atoms with E-state index < -0.39 is 5.97 Å². The van der Waals surface area contributed by atoms with Crippen LogP contribution in [0.4, 0.5) is 0 Å². The van der Waals surface area contributed by atoms with Crippen molar-refractivity contribution in [3.05, 3.63) is 0 Å². The van der Waals surface area contributed by atoms with Gasteiger partial charge in [0, 0.05) is 26.2 Å². The van der Waals surface area contributed by atoms with E-state index in [2.05, 4.69) is 11.0 Å². The van der Waals surface area contributed by atoms with E-state index in [1.165, 1.54) is 0 Å². The lowest BCUT2D eigenvalue weighted by molar-refractivity contribution is -0.137. The Morgan fingerprint density at radius 2 is 2.11 bits per heavy atom. The molecule has 0 saturated carbocycles. The fraction of sp³-hybridized carbons (Fsp3) is 0.833. The first kappa shape index (κ1) is 14.9. The molecule has 6 nitrogen and oxygen atoms in total. The molecule has 0 unspecified atom stereocenters. The Bertz CT molecular complexity index is 285. The largest absolute Gasteiger partial charge is 0.481 e. The quantitative estimate of drug-likeness (QED) is 0.616. The number of nitrogens with zero attached hydrogens (tertiary/aromatic N) is 3. The number of rotatable bonds is 8. The standard InChI is InChI=1S/C12H21N3O3/c13-3-7-14(6-2-12(16)17)4-1-5-15-8-10-18-11-9-15/h1-2,4-11H2,(H,16,17). The van der Waals surface area contributed by atoms with Gasteiger partial charge in [0.2, 0.25) is 0 Å². The zero-order chi connectivity index (χ0) is 13.2. The lowest BCUT2D eigenvalue weighted by Gasteiger charge is -2.27. The van der Waals surface area contributed by atoms with Gasteiger partial charge in [-0.15, -0.1) is 0 Å². The minimum absolute atomic E-state index is 0.0965. The molecule has 0 aromatic heterocycles. The van der Waals surface area contributed by atoms with Crippen molar-refractivity contribution in [3.8, 4) is 6.07 Å². The van der Waals surface area contributed by atoms with Gasteiger partial charge in [0.25, 0.3) is 0 Å². The molecule has 0 aliphatic carbocycles. The topological polar surface area (TPSA) is 76.8 Å². The third-order valence-corrected chi connectivity index (χ3v) is 2.99. The summed E-state index contributed by atoms with van der Waals surface area (Å²) in [6.07, 6.45) is 1.06. The average molecular weight is 255 g/mol. The fourth-order valence-electron chi connectivity index (χ4n) is 1.97. The maximum Gasteiger partial charge on any atom is 0.304 e. The minimum Gasteiger partial charge on any atom is -0.481 e. The van der Waals surface area contributed by atoms with Gasteiger partial charge in [-0.1, -0.05) is 0 Å². The van der Waals surface area contributed by atoms with Gasteiger partial charge < -0.3 is 9.84 Å². The molecule has 0 atom stereocenters. The second-order valence-corrected chi connectivity index (χ2v) is 4.39. The Balaban J connectivity index is 2.15. The Hall–Kier alpha value is -1.16. The number of morpholine rings is 1. The number of hydrogen-bond acceptors (Lipinski definition) is 5. The minimum atomic E-state index is -0.814. The molecule has 1 fully saturated rings. The van der Waals surface area contributed by atoms with E-state index >= 15 is 0 Å². The summed E-state index contributed by atoms with van der Waals surface area (Å²) in [5.41, 5.74) is 0. The molecule has 0 aromatic rings. The highest BCUT2D eigenvalue weighted by molar-refractivity contribution is 5.66. The summed E-state index contributed by atoms with van der Waals surface area (Å²) in [5, 5.41) is 17.3. The van der Waals surface area contributed by atoms with Crippen molar-refractivity contribution in [2.45, 2.75) is 12.8 Å². The summed E-state index contributed by atoms with van der Waals surface area (Å²) in [7, 11) is 0. The van der Waals surface area contributed by atoms with E-state index in [-0.39, 0.29) is 6.42 Å². The van der Waals surface area contributed by atoms with Crippen molar-refractivity contribution < 1.29 is 14.6 Å². The molecular formula is C12H21N3O3. The molecular weight excluding hydrogens is 234 g/mol. The predicted octanol–water partition coefficient (Wildman–Crippen LogP) is 0.00898. The van der Waals surface area contributed by atoms with Crippen LogP contribution < -0.4 is 0 Å². The molecule has 6 heteroatoms. The molecule has 1 rings (SSSR count). The summed E-state index contributed by atoms with van der Waals surface area (Å²) in [6.45, 7) is 6.03.